The molecule has 3 unspecified atom stereocenters. The molecule has 178 valence electrons. The largest absolute Gasteiger partial charge is 0.481 e. The Balaban J connectivity index is 1.08. The van der Waals surface area contributed by atoms with Crippen LogP contribution in [-0.2, 0) is 16.1 Å². The van der Waals surface area contributed by atoms with Gasteiger partial charge in [0.25, 0.3) is 5.91 Å². The summed E-state index contributed by atoms with van der Waals surface area (Å²) in [5.74, 6) is -1.64. The molecule has 9 nitrogen and oxygen atoms in total. The average molecular weight is 473 g/mol. The molecule has 1 aromatic heterocycles. The molecule has 2 bridgehead atoms. The fraction of sp³-hybridized carbons (Fsp3) is 0.308. The lowest BCUT2D eigenvalue weighted by molar-refractivity contribution is -0.147. The van der Waals surface area contributed by atoms with Gasteiger partial charge in [0.2, 0.25) is 0 Å². The molecule has 2 saturated heterocycles. The first kappa shape index (κ1) is 21.4. The van der Waals surface area contributed by atoms with Crippen LogP contribution in [0.5, 0.6) is 0 Å². The van der Waals surface area contributed by atoms with Gasteiger partial charge in [0.05, 0.1) is 12.5 Å². The van der Waals surface area contributed by atoms with Crippen molar-refractivity contribution in [2.24, 2.45) is 11.8 Å². The molecule has 0 spiro atoms. The molecular weight excluding hydrogens is 450 g/mol. The molecule has 3 aromatic rings. The zero-order chi connectivity index (χ0) is 24.1. The lowest BCUT2D eigenvalue weighted by atomic mass is 9.74. The number of hydrogen-bond acceptors (Lipinski definition) is 6. The summed E-state index contributed by atoms with van der Waals surface area (Å²) in [7, 11) is 0. The zero-order valence-corrected chi connectivity index (χ0v) is 18.7. The highest BCUT2D eigenvalue weighted by molar-refractivity contribution is 5.94. The smallest absolute Gasteiger partial charge is 0.407 e. The first-order valence-electron chi connectivity index (χ1n) is 11.6. The summed E-state index contributed by atoms with van der Waals surface area (Å²) in [6, 6.07) is 15.9. The van der Waals surface area contributed by atoms with Crippen LogP contribution in [0, 0.1) is 11.8 Å². The first-order chi connectivity index (χ1) is 17.0. The lowest BCUT2D eigenvalue weighted by Crippen LogP contribution is -2.45. The van der Waals surface area contributed by atoms with Crippen LogP contribution in [0.3, 0.4) is 0 Å². The summed E-state index contributed by atoms with van der Waals surface area (Å²) in [5.41, 5.74) is 4.61. The van der Waals surface area contributed by atoms with Crippen LogP contribution in [0.1, 0.15) is 39.7 Å². The summed E-state index contributed by atoms with van der Waals surface area (Å²) in [6.45, 7) is 0.504. The molecule has 9 heteroatoms. The molecule has 2 aliphatic carbocycles. The quantitative estimate of drug-likeness (QED) is 0.563. The maximum absolute atomic E-state index is 13.0. The maximum Gasteiger partial charge on any atom is 0.407 e. The van der Waals surface area contributed by atoms with E-state index in [1.165, 1.54) is 0 Å². The molecule has 3 fully saturated rings. The number of oxazole rings is 1. The molecule has 2 N–H and O–H groups in total. The van der Waals surface area contributed by atoms with Crippen LogP contribution in [0.15, 0.2) is 59.3 Å². The molecule has 0 radical (unpaired) electrons. The minimum Gasteiger partial charge on any atom is -0.481 e. The van der Waals surface area contributed by atoms with Gasteiger partial charge in [-0.1, -0.05) is 48.5 Å². The number of hydrogen-bond donors (Lipinski definition) is 2. The highest BCUT2D eigenvalue weighted by Crippen LogP contribution is 2.47. The molecule has 3 heterocycles. The summed E-state index contributed by atoms with van der Waals surface area (Å²) < 4.78 is 10.9. The van der Waals surface area contributed by atoms with E-state index in [9.17, 15) is 19.5 Å². The molecule has 7 rings (SSSR count). The van der Waals surface area contributed by atoms with Crippen molar-refractivity contribution in [3.05, 3.63) is 77.5 Å². The van der Waals surface area contributed by atoms with Crippen LogP contribution in [0.4, 0.5) is 4.79 Å². The van der Waals surface area contributed by atoms with E-state index in [0.29, 0.717) is 13.0 Å². The van der Waals surface area contributed by atoms with E-state index in [1.54, 1.807) is 4.90 Å². The van der Waals surface area contributed by atoms with Gasteiger partial charge in [-0.3, -0.25) is 9.59 Å². The van der Waals surface area contributed by atoms with Crippen LogP contribution >= 0.6 is 0 Å². The second-order valence-electron chi connectivity index (χ2n) is 9.19. The van der Waals surface area contributed by atoms with Crippen molar-refractivity contribution < 1.29 is 28.6 Å². The highest BCUT2D eigenvalue weighted by atomic mass is 16.5. The molecule has 2 aliphatic heterocycles. The lowest BCUT2D eigenvalue weighted by Gasteiger charge is -2.32. The number of amides is 2. The van der Waals surface area contributed by atoms with E-state index in [2.05, 4.69) is 22.4 Å². The second kappa shape index (κ2) is 8.26. The monoisotopic (exact) mass is 473 g/mol. The molecule has 3 atom stereocenters. The van der Waals surface area contributed by atoms with Crippen LogP contribution in [-0.4, -0.2) is 52.2 Å². The van der Waals surface area contributed by atoms with Gasteiger partial charge >= 0.3 is 12.1 Å². The number of benzene rings is 2. The fourth-order valence-electron chi connectivity index (χ4n) is 5.73. The van der Waals surface area contributed by atoms with Gasteiger partial charge in [0.1, 0.15) is 6.61 Å². The molecule has 2 aromatic carbocycles. The number of carbonyl (C=O) groups is 3. The number of fused-ring (bicyclic) bond motifs is 4. The predicted octanol–water partition coefficient (Wildman–Crippen LogP) is 3.26. The van der Waals surface area contributed by atoms with Crippen molar-refractivity contribution in [1.82, 2.24) is 15.2 Å². The topological polar surface area (TPSA) is 122 Å². The summed E-state index contributed by atoms with van der Waals surface area (Å²) >= 11 is 0. The number of alkyl carbamates (subject to hydrolysis) is 1. The third-order valence-electron chi connectivity index (χ3n) is 7.42. The number of carboxylic acid groups (broad SMARTS) is 1. The Morgan fingerprint density at radius 2 is 1.77 bits per heavy atom. The first-order valence-corrected chi connectivity index (χ1v) is 11.6. The van der Waals surface area contributed by atoms with E-state index in [0.717, 1.165) is 28.6 Å². The Morgan fingerprint density at radius 3 is 2.43 bits per heavy atom. The zero-order valence-electron chi connectivity index (χ0n) is 18.7. The van der Waals surface area contributed by atoms with Gasteiger partial charge in [0.15, 0.2) is 17.8 Å². The van der Waals surface area contributed by atoms with Gasteiger partial charge in [0, 0.05) is 18.5 Å². The van der Waals surface area contributed by atoms with Crippen molar-refractivity contribution in [1.29, 1.82) is 0 Å². The van der Waals surface area contributed by atoms with Crippen LogP contribution in [0.25, 0.3) is 11.1 Å². The summed E-state index contributed by atoms with van der Waals surface area (Å²) in [4.78, 5) is 42.4. The number of aromatic nitrogens is 1. The normalized spacial score (nSPS) is 21.7. The van der Waals surface area contributed by atoms with Crippen molar-refractivity contribution in [2.45, 2.75) is 24.9 Å². The summed E-state index contributed by atoms with van der Waals surface area (Å²) in [6.07, 6.45) is 1.21. The number of rotatable bonds is 6. The Hall–Kier alpha value is -4.14. The molecule has 1 saturated carbocycles. The van der Waals surface area contributed by atoms with Crippen molar-refractivity contribution >= 4 is 18.0 Å². The maximum atomic E-state index is 13.0. The van der Waals surface area contributed by atoms with E-state index >= 15 is 0 Å². The van der Waals surface area contributed by atoms with Gasteiger partial charge in [-0.15, -0.1) is 0 Å². The third kappa shape index (κ3) is 3.46. The Morgan fingerprint density at radius 1 is 1.09 bits per heavy atom. The second-order valence-corrected chi connectivity index (χ2v) is 9.19. The van der Waals surface area contributed by atoms with Crippen LogP contribution in [0.2, 0.25) is 0 Å². The van der Waals surface area contributed by atoms with Gasteiger partial charge < -0.3 is 24.5 Å². The Bertz CT molecular complexity index is 1290. The molecular formula is C26H23N3O6. The minimum absolute atomic E-state index is 0.0178. The van der Waals surface area contributed by atoms with Gasteiger partial charge in [-0.25, -0.2) is 9.78 Å². The van der Waals surface area contributed by atoms with Gasteiger partial charge in [-0.2, -0.15) is 0 Å². The third-order valence-corrected chi connectivity index (χ3v) is 7.42. The molecule has 35 heavy (non-hydrogen) atoms. The van der Waals surface area contributed by atoms with E-state index in [1.807, 2.05) is 36.4 Å². The highest BCUT2D eigenvalue weighted by Gasteiger charge is 2.57. The van der Waals surface area contributed by atoms with Crippen molar-refractivity contribution in [3.63, 3.8) is 0 Å². The van der Waals surface area contributed by atoms with Crippen LogP contribution < -0.4 is 5.32 Å². The molecule has 4 aliphatic rings. The number of ether oxygens (including phenoxy) is 1. The van der Waals surface area contributed by atoms with E-state index in [4.69, 9.17) is 9.15 Å². The van der Waals surface area contributed by atoms with Crippen molar-refractivity contribution in [2.75, 3.05) is 13.2 Å². The standard InChI is InChI=1S/C26H23N3O6/c30-24(29-11-14-9-20(29)22(14)25(31)32)23-21(35-13-28-23)10-27-26(33)34-12-19-17-7-3-1-5-15(17)16-6-2-4-8-18(16)19/h1-8,13-14,19-20,22H,9-12H2,(H,27,33)(H,31,32). The van der Waals surface area contributed by atoms with E-state index < -0.39 is 18.0 Å². The average Bonchev–Trinajstić information content (AvgIpc) is 3.62. The Labute approximate surface area is 200 Å². The SMILES string of the molecule is O=C(NCc1ocnc1C(=O)N1CC2CC1C2C(=O)O)OCC1c2ccccc2-c2ccccc21. The van der Waals surface area contributed by atoms with Gasteiger partial charge in [-0.05, 0) is 34.6 Å². The van der Waals surface area contributed by atoms with E-state index in [-0.39, 0.29) is 48.4 Å². The molecule has 2 amide bonds. The summed E-state index contributed by atoms with van der Waals surface area (Å²) in [5, 5.41) is 12.0. The number of carbonyl (C=O) groups excluding carboxylic acids is 2. The van der Waals surface area contributed by atoms with Crippen molar-refractivity contribution in [3.8, 4) is 11.1 Å². The number of carboxylic acids is 1. The predicted molar refractivity (Wildman–Crippen MR) is 122 cm³/mol. The Kier molecular flexibility index (Phi) is 5.05. The number of aliphatic carboxylic acids is 1. The number of nitrogens with zero attached hydrogens (tertiary/aromatic N) is 2. The fourth-order valence-corrected chi connectivity index (χ4v) is 5.73. The minimum atomic E-state index is -0.876. The number of nitrogens with one attached hydrogen (secondary N) is 1.